The van der Waals surface area contributed by atoms with Crippen LogP contribution in [0.5, 0.6) is 0 Å². The van der Waals surface area contributed by atoms with E-state index >= 15 is 0 Å². The monoisotopic (exact) mass is 230 g/mol. The molecule has 0 radical (unpaired) electrons. The van der Waals surface area contributed by atoms with Gasteiger partial charge in [-0.05, 0) is 45.7 Å². The molecule has 0 bridgehead atoms. The first-order valence-electron chi connectivity index (χ1n) is 6.45. The van der Waals surface area contributed by atoms with E-state index in [1.807, 2.05) is 0 Å². The van der Waals surface area contributed by atoms with Gasteiger partial charge in [0.05, 0.1) is 0 Å². The van der Waals surface area contributed by atoms with Crippen molar-refractivity contribution >= 4 is 33.2 Å². The number of hydrogen-bond acceptors (Lipinski definition) is 0. The number of rotatable bonds is 0. The molecule has 0 fully saturated rings. The van der Waals surface area contributed by atoms with Crippen molar-refractivity contribution < 1.29 is 0 Å². The van der Waals surface area contributed by atoms with Gasteiger partial charge in [-0.2, -0.15) is 0 Å². The lowest BCUT2D eigenvalue weighted by atomic mass is 9.94. The minimum Gasteiger partial charge on any atom is -0.0798 e. The number of hydrogen-bond donors (Lipinski definition) is 0. The van der Waals surface area contributed by atoms with Gasteiger partial charge in [0, 0.05) is 0 Å². The first-order chi connectivity index (χ1) is 8.84. The standard InChI is InChI=1S/C18H14/c1-12-4-2-5-15-9-8-13-6-3-7-14-10-11-16(12)18(15)17(13)14/h2-3,5-11H,4H2,1H3. The van der Waals surface area contributed by atoms with Crippen molar-refractivity contribution in [3.63, 3.8) is 0 Å². The third-order valence-electron chi connectivity index (χ3n) is 3.99. The fraction of sp³-hybridized carbons (Fsp3) is 0.111. The average molecular weight is 230 g/mol. The summed E-state index contributed by atoms with van der Waals surface area (Å²) in [5, 5.41) is 6.95. The smallest absolute Gasteiger partial charge is 0.00268 e. The molecule has 1 aliphatic rings. The predicted molar refractivity (Wildman–Crippen MR) is 79.4 cm³/mol. The summed E-state index contributed by atoms with van der Waals surface area (Å²) in [6, 6.07) is 15.6. The zero-order valence-electron chi connectivity index (χ0n) is 10.4. The zero-order valence-corrected chi connectivity index (χ0v) is 10.4. The second-order valence-electron chi connectivity index (χ2n) is 5.11. The van der Waals surface area contributed by atoms with Crippen LogP contribution in [-0.4, -0.2) is 0 Å². The summed E-state index contributed by atoms with van der Waals surface area (Å²) in [4.78, 5) is 0. The molecule has 0 aliphatic heterocycles. The Balaban J connectivity index is 2.44. The molecule has 0 spiro atoms. The van der Waals surface area contributed by atoms with E-state index < -0.39 is 0 Å². The Morgan fingerprint density at radius 2 is 1.61 bits per heavy atom. The molecule has 0 N–H and O–H groups in total. The fourth-order valence-corrected chi connectivity index (χ4v) is 3.08. The molecule has 0 heterocycles. The van der Waals surface area contributed by atoms with Crippen LogP contribution in [0.2, 0.25) is 0 Å². The van der Waals surface area contributed by atoms with Crippen LogP contribution in [-0.2, 0) is 0 Å². The van der Waals surface area contributed by atoms with Crippen molar-refractivity contribution in [2.45, 2.75) is 13.3 Å². The summed E-state index contributed by atoms with van der Waals surface area (Å²) in [6.07, 6.45) is 5.59. The van der Waals surface area contributed by atoms with Gasteiger partial charge in [0.15, 0.2) is 0 Å². The predicted octanol–water partition coefficient (Wildman–Crippen LogP) is 4.30. The highest BCUT2D eigenvalue weighted by molar-refractivity contribution is 6.13. The Bertz CT molecular complexity index is 835. The van der Waals surface area contributed by atoms with Crippen molar-refractivity contribution in [2.24, 2.45) is 0 Å². The molecule has 0 unspecified atom stereocenters. The molecule has 18 heavy (non-hydrogen) atoms. The summed E-state index contributed by atoms with van der Waals surface area (Å²) in [7, 11) is 0. The molecule has 86 valence electrons. The molecular weight excluding hydrogens is 216 g/mol. The van der Waals surface area contributed by atoms with Crippen LogP contribution in [0.25, 0.3) is 33.2 Å². The van der Waals surface area contributed by atoms with E-state index in [-0.39, 0.29) is 0 Å². The third-order valence-corrected chi connectivity index (χ3v) is 3.99. The fourth-order valence-electron chi connectivity index (χ4n) is 3.08. The van der Waals surface area contributed by atoms with Gasteiger partial charge in [-0.25, -0.2) is 0 Å². The molecule has 0 heteroatoms. The van der Waals surface area contributed by atoms with Crippen molar-refractivity contribution in [2.75, 3.05) is 0 Å². The summed E-state index contributed by atoms with van der Waals surface area (Å²) < 4.78 is 0. The van der Waals surface area contributed by atoms with E-state index in [9.17, 15) is 0 Å². The molecule has 1 aliphatic carbocycles. The van der Waals surface area contributed by atoms with E-state index in [0.29, 0.717) is 0 Å². The largest absolute Gasteiger partial charge is 0.0798 e. The highest BCUT2D eigenvalue weighted by Gasteiger charge is 2.09. The van der Waals surface area contributed by atoms with Crippen LogP contribution in [0.1, 0.15) is 18.9 Å². The van der Waals surface area contributed by atoms with Gasteiger partial charge in [-0.3, -0.25) is 0 Å². The number of benzene rings is 3. The quantitative estimate of drug-likeness (QED) is 0.540. The molecule has 0 nitrogen and oxygen atoms in total. The van der Waals surface area contributed by atoms with Crippen LogP contribution < -0.4 is 5.22 Å². The Labute approximate surface area is 106 Å². The highest BCUT2D eigenvalue weighted by atomic mass is 14.1. The zero-order chi connectivity index (χ0) is 12.1. The maximum absolute atomic E-state index is 2.28. The van der Waals surface area contributed by atoms with E-state index in [1.54, 1.807) is 0 Å². The molecule has 0 atom stereocenters. The van der Waals surface area contributed by atoms with Gasteiger partial charge >= 0.3 is 0 Å². The average Bonchev–Trinajstić information content (AvgIpc) is 2.57. The second-order valence-corrected chi connectivity index (χ2v) is 5.11. The van der Waals surface area contributed by atoms with Crippen LogP contribution >= 0.6 is 0 Å². The van der Waals surface area contributed by atoms with Gasteiger partial charge in [0.25, 0.3) is 0 Å². The molecule has 4 rings (SSSR count). The van der Waals surface area contributed by atoms with Gasteiger partial charge in [-0.1, -0.05) is 60.2 Å². The van der Waals surface area contributed by atoms with Crippen molar-refractivity contribution in [1.29, 1.82) is 0 Å². The normalized spacial score (nSPS) is 14.4. The van der Waals surface area contributed by atoms with Crippen molar-refractivity contribution in [1.82, 2.24) is 0 Å². The van der Waals surface area contributed by atoms with Crippen LogP contribution in [0.15, 0.2) is 48.5 Å². The minimum absolute atomic E-state index is 1.05. The first kappa shape index (κ1) is 9.90. The summed E-state index contributed by atoms with van der Waals surface area (Å²) in [6.45, 7) is 2.24. The maximum Gasteiger partial charge on any atom is -0.00268 e. The van der Waals surface area contributed by atoms with Gasteiger partial charge in [0.2, 0.25) is 0 Å². The van der Waals surface area contributed by atoms with Crippen LogP contribution in [0.4, 0.5) is 0 Å². The van der Waals surface area contributed by atoms with E-state index in [0.717, 1.165) is 6.42 Å². The van der Waals surface area contributed by atoms with Gasteiger partial charge < -0.3 is 0 Å². The Hall–Kier alpha value is -2.08. The summed E-state index contributed by atoms with van der Waals surface area (Å²) >= 11 is 0. The van der Waals surface area contributed by atoms with E-state index in [4.69, 9.17) is 0 Å². The molecule has 0 saturated heterocycles. The number of allylic oxidation sites excluding steroid dienone is 1. The Morgan fingerprint density at radius 3 is 2.44 bits per heavy atom. The minimum atomic E-state index is 1.05. The van der Waals surface area contributed by atoms with Gasteiger partial charge in [-0.15, -0.1) is 0 Å². The molecule has 3 aromatic rings. The SMILES string of the molecule is CC1=c2ccc3cccc4ccc(c2c43)C=CC1. The van der Waals surface area contributed by atoms with Crippen molar-refractivity contribution in [3.8, 4) is 0 Å². The lowest BCUT2D eigenvalue weighted by Gasteiger charge is -2.09. The van der Waals surface area contributed by atoms with E-state index in [1.165, 1.54) is 37.9 Å². The Morgan fingerprint density at radius 1 is 0.833 bits per heavy atom. The van der Waals surface area contributed by atoms with E-state index in [2.05, 4.69) is 61.5 Å². The molecule has 0 amide bonds. The third kappa shape index (κ3) is 1.20. The molecular formula is C18H14. The second kappa shape index (κ2) is 3.46. The summed E-state index contributed by atoms with van der Waals surface area (Å²) in [5.41, 5.74) is 2.81. The first-order valence-corrected chi connectivity index (χ1v) is 6.45. The van der Waals surface area contributed by atoms with Crippen LogP contribution in [0.3, 0.4) is 0 Å². The highest BCUT2D eigenvalue weighted by Crippen LogP contribution is 2.29. The van der Waals surface area contributed by atoms with Gasteiger partial charge in [0.1, 0.15) is 0 Å². The van der Waals surface area contributed by atoms with Crippen LogP contribution in [0, 0.1) is 0 Å². The lowest BCUT2D eigenvalue weighted by molar-refractivity contribution is 1.37. The lowest BCUT2D eigenvalue weighted by Crippen LogP contribution is -2.06. The molecule has 0 saturated carbocycles. The Kier molecular flexibility index (Phi) is 1.90. The van der Waals surface area contributed by atoms with Crippen molar-refractivity contribution in [3.05, 3.63) is 59.3 Å². The summed E-state index contributed by atoms with van der Waals surface area (Å²) in [5.74, 6) is 0. The maximum atomic E-state index is 2.28. The molecule has 0 aromatic heterocycles. The topological polar surface area (TPSA) is 0 Å². The molecule has 3 aromatic carbocycles.